The molecule has 0 amide bonds. The average molecular weight is 279 g/mol. The van der Waals surface area contributed by atoms with Crippen LogP contribution in [0, 0.1) is 0 Å². The molecule has 3 aromatic rings. The van der Waals surface area contributed by atoms with Gasteiger partial charge in [-0.15, -0.1) is 0 Å². The van der Waals surface area contributed by atoms with Gasteiger partial charge in [0.05, 0.1) is 11.3 Å². The minimum Gasteiger partial charge on any atom is -0.478 e. The molecule has 0 fully saturated rings. The smallest absolute Gasteiger partial charge is 0.337 e. The third-order valence-corrected chi connectivity index (χ3v) is 3.23. The molecule has 0 aliphatic rings. The Hall–Kier alpha value is -2.95. The molecular weight excluding hydrogens is 266 g/mol. The molecule has 1 aromatic carbocycles. The normalized spacial score (nSPS) is 10.5. The fraction of sp³-hybridized carbons (Fsp3) is 0.0625. The first-order valence-electron chi connectivity index (χ1n) is 6.45. The summed E-state index contributed by atoms with van der Waals surface area (Å²) in [6.07, 6.45) is 1.57. The number of aryl methyl sites for hydroxylation is 1. The largest absolute Gasteiger partial charge is 0.478 e. The maximum Gasteiger partial charge on any atom is 0.337 e. The van der Waals surface area contributed by atoms with E-state index in [1.54, 1.807) is 16.9 Å². The van der Waals surface area contributed by atoms with E-state index in [9.17, 15) is 9.90 Å². The van der Waals surface area contributed by atoms with Gasteiger partial charge in [0, 0.05) is 13.2 Å². The first-order valence-corrected chi connectivity index (χ1v) is 6.45. The van der Waals surface area contributed by atoms with Gasteiger partial charge in [-0.2, -0.15) is 5.10 Å². The molecule has 5 heteroatoms. The number of rotatable bonds is 3. The Morgan fingerprint density at radius 1 is 1.14 bits per heavy atom. The standard InChI is InChI=1S/C16H13N3O2/c1-19-14(11-6-3-2-4-7-11)10-13(18-19)15-12(16(20)21)8-5-9-17-15/h2-10H,1H3,(H,20,21). The number of pyridine rings is 1. The molecule has 3 rings (SSSR count). The molecule has 0 saturated heterocycles. The lowest BCUT2D eigenvalue weighted by Crippen LogP contribution is -2.01. The molecule has 0 radical (unpaired) electrons. The molecule has 2 heterocycles. The highest BCUT2D eigenvalue weighted by Crippen LogP contribution is 2.26. The average Bonchev–Trinajstić information content (AvgIpc) is 2.90. The van der Waals surface area contributed by atoms with Crippen LogP contribution in [0.2, 0.25) is 0 Å². The fourth-order valence-corrected chi connectivity index (χ4v) is 2.24. The van der Waals surface area contributed by atoms with Crippen LogP contribution in [0.3, 0.4) is 0 Å². The van der Waals surface area contributed by atoms with Crippen molar-refractivity contribution in [3.63, 3.8) is 0 Å². The van der Waals surface area contributed by atoms with Gasteiger partial charge in [0.15, 0.2) is 0 Å². The lowest BCUT2D eigenvalue weighted by molar-refractivity contribution is 0.0697. The number of benzene rings is 1. The predicted octanol–water partition coefficient (Wildman–Crippen LogP) is 2.85. The van der Waals surface area contributed by atoms with E-state index in [0.717, 1.165) is 11.3 Å². The van der Waals surface area contributed by atoms with E-state index in [0.29, 0.717) is 11.4 Å². The van der Waals surface area contributed by atoms with Gasteiger partial charge in [0.1, 0.15) is 11.4 Å². The highest BCUT2D eigenvalue weighted by Gasteiger charge is 2.16. The Bertz CT molecular complexity index is 794. The van der Waals surface area contributed by atoms with Crippen LogP contribution in [0.4, 0.5) is 0 Å². The molecule has 104 valence electrons. The Morgan fingerprint density at radius 3 is 2.62 bits per heavy atom. The van der Waals surface area contributed by atoms with Crippen molar-refractivity contribution < 1.29 is 9.90 Å². The molecule has 1 N–H and O–H groups in total. The SMILES string of the molecule is Cn1nc(-c2ncccc2C(=O)O)cc1-c1ccccc1. The molecule has 0 aliphatic carbocycles. The number of aromatic nitrogens is 3. The second-order valence-corrected chi connectivity index (χ2v) is 4.61. The zero-order valence-electron chi connectivity index (χ0n) is 11.4. The van der Waals surface area contributed by atoms with Crippen LogP contribution in [0.5, 0.6) is 0 Å². The van der Waals surface area contributed by atoms with Crippen LogP contribution in [-0.2, 0) is 7.05 Å². The summed E-state index contributed by atoms with van der Waals surface area (Å²) in [5, 5.41) is 13.6. The van der Waals surface area contributed by atoms with Crippen LogP contribution in [0.25, 0.3) is 22.6 Å². The Kier molecular flexibility index (Phi) is 3.23. The van der Waals surface area contributed by atoms with Crippen LogP contribution < -0.4 is 0 Å². The lowest BCUT2D eigenvalue weighted by Gasteiger charge is -2.00. The van der Waals surface area contributed by atoms with Crippen molar-refractivity contribution in [2.45, 2.75) is 0 Å². The Balaban J connectivity index is 2.12. The van der Waals surface area contributed by atoms with E-state index in [2.05, 4.69) is 10.1 Å². The number of hydrogen-bond donors (Lipinski definition) is 1. The molecule has 0 unspecified atom stereocenters. The van der Waals surface area contributed by atoms with Gasteiger partial charge < -0.3 is 5.11 Å². The maximum absolute atomic E-state index is 11.3. The van der Waals surface area contributed by atoms with Crippen LogP contribution in [0.1, 0.15) is 10.4 Å². The quantitative estimate of drug-likeness (QED) is 0.800. The third kappa shape index (κ3) is 2.41. The van der Waals surface area contributed by atoms with Gasteiger partial charge >= 0.3 is 5.97 Å². The molecule has 0 saturated carbocycles. The Morgan fingerprint density at radius 2 is 1.90 bits per heavy atom. The van der Waals surface area contributed by atoms with E-state index in [-0.39, 0.29) is 5.56 Å². The summed E-state index contributed by atoms with van der Waals surface area (Å²) in [5.74, 6) is -1.01. The van der Waals surface area contributed by atoms with Crippen molar-refractivity contribution in [3.05, 3.63) is 60.3 Å². The van der Waals surface area contributed by atoms with Gasteiger partial charge in [-0.1, -0.05) is 30.3 Å². The van der Waals surface area contributed by atoms with E-state index >= 15 is 0 Å². The number of hydrogen-bond acceptors (Lipinski definition) is 3. The van der Waals surface area contributed by atoms with Crippen molar-refractivity contribution >= 4 is 5.97 Å². The van der Waals surface area contributed by atoms with Crippen LogP contribution >= 0.6 is 0 Å². The summed E-state index contributed by atoms with van der Waals surface area (Å²) in [6.45, 7) is 0. The summed E-state index contributed by atoms with van der Waals surface area (Å²) in [5.41, 5.74) is 3.01. The Labute approximate surface area is 121 Å². The summed E-state index contributed by atoms with van der Waals surface area (Å²) in [4.78, 5) is 15.4. The first-order chi connectivity index (χ1) is 10.2. The molecule has 0 bridgehead atoms. The zero-order valence-corrected chi connectivity index (χ0v) is 11.4. The van der Waals surface area contributed by atoms with E-state index < -0.39 is 5.97 Å². The van der Waals surface area contributed by atoms with Crippen molar-refractivity contribution in [2.75, 3.05) is 0 Å². The molecule has 5 nitrogen and oxygen atoms in total. The number of carbonyl (C=O) groups is 1. The number of aromatic carboxylic acids is 1. The molecular formula is C16H13N3O2. The van der Waals surface area contributed by atoms with Crippen LogP contribution in [0.15, 0.2) is 54.7 Å². The first kappa shape index (κ1) is 13.1. The number of carboxylic acids is 1. The van der Waals surface area contributed by atoms with E-state index in [1.807, 2.05) is 43.4 Å². The lowest BCUT2D eigenvalue weighted by atomic mass is 10.1. The maximum atomic E-state index is 11.3. The topological polar surface area (TPSA) is 68.0 Å². The van der Waals surface area contributed by atoms with Gasteiger partial charge in [-0.3, -0.25) is 9.67 Å². The predicted molar refractivity (Wildman–Crippen MR) is 78.8 cm³/mol. The van der Waals surface area contributed by atoms with Crippen molar-refractivity contribution in [1.82, 2.24) is 14.8 Å². The van der Waals surface area contributed by atoms with E-state index in [4.69, 9.17) is 0 Å². The second-order valence-electron chi connectivity index (χ2n) is 4.61. The van der Waals surface area contributed by atoms with Gasteiger partial charge in [-0.05, 0) is 23.8 Å². The second kappa shape index (κ2) is 5.20. The highest BCUT2D eigenvalue weighted by molar-refractivity contribution is 5.94. The van der Waals surface area contributed by atoms with E-state index in [1.165, 1.54) is 6.07 Å². The van der Waals surface area contributed by atoms with Crippen molar-refractivity contribution in [2.24, 2.45) is 7.05 Å². The van der Waals surface area contributed by atoms with Gasteiger partial charge in [0.25, 0.3) is 0 Å². The summed E-state index contributed by atoms with van der Waals surface area (Å²) >= 11 is 0. The summed E-state index contributed by atoms with van der Waals surface area (Å²) < 4.78 is 1.73. The molecule has 21 heavy (non-hydrogen) atoms. The monoisotopic (exact) mass is 279 g/mol. The summed E-state index contributed by atoms with van der Waals surface area (Å²) in [7, 11) is 1.83. The highest BCUT2D eigenvalue weighted by atomic mass is 16.4. The minimum absolute atomic E-state index is 0.148. The molecule has 0 spiro atoms. The van der Waals surface area contributed by atoms with Gasteiger partial charge in [-0.25, -0.2) is 4.79 Å². The number of nitrogens with zero attached hydrogens (tertiary/aromatic N) is 3. The van der Waals surface area contributed by atoms with Gasteiger partial charge in [0.2, 0.25) is 0 Å². The molecule has 0 aliphatic heterocycles. The molecule has 2 aromatic heterocycles. The number of carboxylic acid groups (broad SMARTS) is 1. The minimum atomic E-state index is -1.01. The fourth-order valence-electron chi connectivity index (χ4n) is 2.24. The molecule has 0 atom stereocenters. The third-order valence-electron chi connectivity index (χ3n) is 3.23. The summed E-state index contributed by atoms with van der Waals surface area (Å²) in [6, 6.07) is 14.8. The van der Waals surface area contributed by atoms with Crippen LogP contribution in [-0.4, -0.2) is 25.8 Å². The van der Waals surface area contributed by atoms with Crippen molar-refractivity contribution in [3.8, 4) is 22.6 Å². The zero-order chi connectivity index (χ0) is 14.8. The van der Waals surface area contributed by atoms with Crippen molar-refractivity contribution in [1.29, 1.82) is 0 Å².